The number of hydrogen-bond donors (Lipinski definition) is 1. The van der Waals surface area contributed by atoms with Crippen LogP contribution < -0.4 is 5.32 Å². The summed E-state index contributed by atoms with van der Waals surface area (Å²) < 4.78 is 1.18. The minimum Gasteiger partial charge on any atom is -0.337 e. The van der Waals surface area contributed by atoms with Crippen molar-refractivity contribution in [1.82, 2.24) is 10.3 Å². The SMILES string of the molecule is O=C1CSC(c2nc3ccccc3s2)N1. The molecule has 3 rings (SSSR count). The van der Waals surface area contributed by atoms with E-state index in [9.17, 15) is 4.79 Å². The molecule has 0 aliphatic carbocycles. The Bertz CT molecular complexity index is 490. The van der Waals surface area contributed by atoms with Crippen LogP contribution in [-0.2, 0) is 4.79 Å². The second kappa shape index (κ2) is 3.50. The monoisotopic (exact) mass is 236 g/mol. The maximum Gasteiger partial charge on any atom is 0.231 e. The summed E-state index contributed by atoms with van der Waals surface area (Å²) in [6.45, 7) is 0. The molecule has 0 spiro atoms. The molecule has 0 bridgehead atoms. The van der Waals surface area contributed by atoms with Crippen LogP contribution in [0.2, 0.25) is 0 Å². The Morgan fingerprint density at radius 3 is 3.00 bits per heavy atom. The Labute approximate surface area is 94.9 Å². The summed E-state index contributed by atoms with van der Waals surface area (Å²) >= 11 is 3.26. The van der Waals surface area contributed by atoms with Gasteiger partial charge in [0.2, 0.25) is 5.91 Å². The van der Waals surface area contributed by atoms with Crippen molar-refractivity contribution in [1.29, 1.82) is 0 Å². The number of fused-ring (bicyclic) bond motifs is 1. The minimum absolute atomic E-state index is 0.0508. The van der Waals surface area contributed by atoms with Gasteiger partial charge in [-0.2, -0.15) is 0 Å². The lowest BCUT2D eigenvalue weighted by molar-refractivity contribution is -0.118. The van der Waals surface area contributed by atoms with E-state index in [2.05, 4.69) is 16.4 Å². The average Bonchev–Trinajstić information content (AvgIpc) is 2.82. The molecule has 1 N–H and O–H groups in total. The fourth-order valence-electron chi connectivity index (χ4n) is 1.52. The Morgan fingerprint density at radius 2 is 2.27 bits per heavy atom. The summed E-state index contributed by atoms with van der Waals surface area (Å²) in [6, 6.07) is 8.03. The molecule has 1 aliphatic rings. The van der Waals surface area contributed by atoms with Gasteiger partial charge in [-0.05, 0) is 12.1 Å². The molecule has 3 nitrogen and oxygen atoms in total. The fraction of sp³-hybridized carbons (Fsp3) is 0.200. The number of para-hydroxylation sites is 1. The predicted molar refractivity (Wildman–Crippen MR) is 63.0 cm³/mol. The van der Waals surface area contributed by atoms with Crippen molar-refractivity contribution in [2.45, 2.75) is 5.37 Å². The maximum atomic E-state index is 11.1. The van der Waals surface area contributed by atoms with Crippen LogP contribution in [0.15, 0.2) is 24.3 Å². The Kier molecular flexibility index (Phi) is 2.14. The number of carbonyl (C=O) groups is 1. The van der Waals surface area contributed by atoms with Crippen molar-refractivity contribution < 1.29 is 4.79 Å². The summed E-state index contributed by atoms with van der Waals surface area (Å²) in [6.07, 6.45) is 0. The second-order valence-corrected chi connectivity index (χ2v) is 5.43. The standard InChI is InChI=1S/C10H8N2OS2/c13-8-5-14-9(12-8)10-11-6-3-1-2-4-7(6)15-10/h1-4,9H,5H2,(H,12,13). The van der Waals surface area contributed by atoms with Crippen molar-refractivity contribution in [2.24, 2.45) is 0 Å². The lowest BCUT2D eigenvalue weighted by Gasteiger charge is -2.02. The lowest BCUT2D eigenvalue weighted by atomic mass is 10.3. The lowest BCUT2D eigenvalue weighted by Crippen LogP contribution is -2.18. The summed E-state index contributed by atoms with van der Waals surface area (Å²) in [5.41, 5.74) is 1.01. The Hall–Kier alpha value is -1.07. The van der Waals surface area contributed by atoms with Gasteiger partial charge in [0.05, 0.1) is 16.0 Å². The smallest absolute Gasteiger partial charge is 0.231 e. The number of nitrogens with zero attached hydrogens (tertiary/aromatic N) is 1. The highest BCUT2D eigenvalue weighted by Crippen LogP contribution is 2.35. The van der Waals surface area contributed by atoms with E-state index in [-0.39, 0.29) is 11.3 Å². The third-order valence-corrected chi connectivity index (χ3v) is 4.56. The maximum absolute atomic E-state index is 11.1. The fourth-order valence-corrected chi connectivity index (χ4v) is 3.58. The molecule has 0 saturated carbocycles. The molecule has 5 heteroatoms. The predicted octanol–water partition coefficient (Wildman–Crippen LogP) is 2.16. The molecular weight excluding hydrogens is 228 g/mol. The number of benzene rings is 1. The van der Waals surface area contributed by atoms with Crippen LogP contribution in [0.25, 0.3) is 10.2 Å². The van der Waals surface area contributed by atoms with Gasteiger partial charge in [0.1, 0.15) is 10.4 Å². The number of thiazole rings is 1. The molecule has 76 valence electrons. The quantitative estimate of drug-likeness (QED) is 0.825. The van der Waals surface area contributed by atoms with Crippen LogP contribution in [-0.4, -0.2) is 16.6 Å². The molecule has 0 radical (unpaired) electrons. The van der Waals surface area contributed by atoms with E-state index in [0.717, 1.165) is 10.5 Å². The first-order chi connectivity index (χ1) is 7.33. The number of carbonyl (C=O) groups excluding carboxylic acids is 1. The van der Waals surface area contributed by atoms with Crippen molar-refractivity contribution in [2.75, 3.05) is 5.75 Å². The molecule has 2 heterocycles. The van der Waals surface area contributed by atoms with Crippen molar-refractivity contribution in [3.63, 3.8) is 0 Å². The van der Waals surface area contributed by atoms with Crippen molar-refractivity contribution >= 4 is 39.2 Å². The van der Waals surface area contributed by atoms with Crippen molar-refractivity contribution in [3.05, 3.63) is 29.3 Å². The van der Waals surface area contributed by atoms with Gasteiger partial charge in [-0.15, -0.1) is 23.1 Å². The zero-order chi connectivity index (χ0) is 10.3. The molecule has 1 aromatic carbocycles. The zero-order valence-corrected chi connectivity index (χ0v) is 9.40. The highest BCUT2D eigenvalue weighted by atomic mass is 32.2. The molecule has 1 aliphatic heterocycles. The average molecular weight is 236 g/mol. The first-order valence-corrected chi connectivity index (χ1v) is 6.46. The number of thioether (sulfide) groups is 1. The van der Waals surface area contributed by atoms with E-state index in [1.165, 1.54) is 4.70 Å². The van der Waals surface area contributed by atoms with Crippen LogP contribution in [0, 0.1) is 0 Å². The molecule has 1 saturated heterocycles. The van der Waals surface area contributed by atoms with Crippen molar-refractivity contribution in [3.8, 4) is 0 Å². The highest BCUT2D eigenvalue weighted by Gasteiger charge is 2.25. The molecule has 1 unspecified atom stereocenters. The largest absolute Gasteiger partial charge is 0.337 e. The molecule has 1 amide bonds. The topological polar surface area (TPSA) is 42.0 Å². The number of hydrogen-bond acceptors (Lipinski definition) is 4. The number of rotatable bonds is 1. The van der Waals surface area contributed by atoms with Gasteiger partial charge in [0.25, 0.3) is 0 Å². The first-order valence-electron chi connectivity index (χ1n) is 4.59. The van der Waals surface area contributed by atoms with E-state index < -0.39 is 0 Å². The van der Waals surface area contributed by atoms with Crippen LogP contribution in [0.5, 0.6) is 0 Å². The summed E-state index contributed by atoms with van der Waals surface area (Å²) in [4.78, 5) is 15.6. The van der Waals surface area contributed by atoms with E-state index in [0.29, 0.717) is 5.75 Å². The molecule has 1 atom stereocenters. The molecular formula is C10H8N2OS2. The second-order valence-electron chi connectivity index (χ2n) is 3.28. The third-order valence-electron chi connectivity index (χ3n) is 2.21. The Morgan fingerprint density at radius 1 is 1.40 bits per heavy atom. The third kappa shape index (κ3) is 1.61. The van der Waals surface area contributed by atoms with Gasteiger partial charge in [0.15, 0.2) is 0 Å². The normalized spacial score (nSPS) is 20.8. The van der Waals surface area contributed by atoms with E-state index in [1.807, 2.05) is 18.2 Å². The summed E-state index contributed by atoms with van der Waals surface area (Å²) in [5, 5.41) is 3.95. The van der Waals surface area contributed by atoms with Crippen LogP contribution in [0.4, 0.5) is 0 Å². The van der Waals surface area contributed by atoms with E-state index in [4.69, 9.17) is 0 Å². The van der Waals surface area contributed by atoms with E-state index >= 15 is 0 Å². The van der Waals surface area contributed by atoms with Crippen LogP contribution >= 0.6 is 23.1 Å². The van der Waals surface area contributed by atoms with Gasteiger partial charge in [-0.25, -0.2) is 4.98 Å². The van der Waals surface area contributed by atoms with E-state index in [1.54, 1.807) is 23.1 Å². The van der Waals surface area contributed by atoms with Crippen LogP contribution in [0.1, 0.15) is 10.4 Å². The molecule has 1 fully saturated rings. The number of aromatic nitrogens is 1. The van der Waals surface area contributed by atoms with Gasteiger partial charge in [-0.3, -0.25) is 4.79 Å². The molecule has 15 heavy (non-hydrogen) atoms. The van der Waals surface area contributed by atoms with Gasteiger partial charge < -0.3 is 5.32 Å². The number of amides is 1. The van der Waals surface area contributed by atoms with Gasteiger partial charge >= 0.3 is 0 Å². The Balaban J connectivity index is 2.01. The first kappa shape index (κ1) is 9.18. The number of nitrogens with one attached hydrogen (secondary N) is 1. The highest BCUT2D eigenvalue weighted by molar-refractivity contribution is 8.00. The zero-order valence-electron chi connectivity index (χ0n) is 7.77. The van der Waals surface area contributed by atoms with Gasteiger partial charge in [0, 0.05) is 0 Å². The molecule has 1 aromatic heterocycles. The molecule has 2 aromatic rings. The summed E-state index contributed by atoms with van der Waals surface area (Å²) in [5.74, 6) is 0.643. The van der Waals surface area contributed by atoms with Crippen LogP contribution in [0.3, 0.4) is 0 Å². The minimum atomic E-state index is 0.0508. The summed E-state index contributed by atoms with van der Waals surface area (Å²) in [7, 11) is 0. The van der Waals surface area contributed by atoms with Gasteiger partial charge in [-0.1, -0.05) is 12.1 Å².